The maximum absolute atomic E-state index is 4.35. The van der Waals surface area contributed by atoms with Crippen LogP contribution in [0, 0.1) is 0 Å². The molecule has 0 saturated carbocycles. The van der Waals surface area contributed by atoms with Crippen LogP contribution in [0.3, 0.4) is 0 Å². The highest BCUT2D eigenvalue weighted by atomic mass is 15.1. The van der Waals surface area contributed by atoms with Gasteiger partial charge < -0.3 is 4.98 Å². The first-order chi connectivity index (χ1) is 12.9. The molecule has 4 heteroatoms. The van der Waals surface area contributed by atoms with Crippen molar-refractivity contribution in [2.75, 3.05) is 0 Å². The number of benzene rings is 3. The summed E-state index contributed by atoms with van der Waals surface area (Å²) in [5.74, 6) is 0. The van der Waals surface area contributed by atoms with Crippen molar-refractivity contribution < 1.29 is 0 Å². The smallest absolute Gasteiger partial charge is 0.0931 e. The lowest BCUT2D eigenvalue weighted by atomic mass is 9.82. The Labute approximate surface area is 150 Å². The van der Waals surface area contributed by atoms with Gasteiger partial charge in [0.25, 0.3) is 0 Å². The van der Waals surface area contributed by atoms with Crippen molar-refractivity contribution in [2.45, 2.75) is 25.7 Å². The SMILES string of the molecule is c1nc2ccc(-c3cc4ccc5[nH]ncc5c4c4c3CCCC4)cc2[nH]1. The molecule has 6 rings (SSSR count). The average molecular weight is 338 g/mol. The maximum Gasteiger partial charge on any atom is 0.0931 e. The van der Waals surface area contributed by atoms with Crippen LogP contribution in [0.2, 0.25) is 0 Å². The summed E-state index contributed by atoms with van der Waals surface area (Å²) in [4.78, 5) is 7.60. The molecule has 5 aromatic rings. The quantitative estimate of drug-likeness (QED) is 0.445. The first-order valence-corrected chi connectivity index (χ1v) is 9.22. The fraction of sp³-hybridized carbons (Fsp3) is 0.182. The molecule has 0 fully saturated rings. The van der Waals surface area contributed by atoms with E-state index in [1.807, 2.05) is 6.20 Å². The molecular formula is C22H18N4. The van der Waals surface area contributed by atoms with Gasteiger partial charge in [0.1, 0.15) is 0 Å². The number of hydrogen-bond acceptors (Lipinski definition) is 2. The van der Waals surface area contributed by atoms with Crippen molar-refractivity contribution in [2.24, 2.45) is 0 Å². The Bertz CT molecular complexity index is 1290. The number of hydrogen-bond donors (Lipinski definition) is 2. The fourth-order valence-electron chi connectivity index (χ4n) is 4.57. The molecule has 1 aliphatic carbocycles. The van der Waals surface area contributed by atoms with Gasteiger partial charge in [-0.1, -0.05) is 12.1 Å². The third-order valence-electron chi connectivity index (χ3n) is 5.78. The average Bonchev–Trinajstić information content (AvgIpc) is 3.35. The third kappa shape index (κ3) is 1.90. The van der Waals surface area contributed by atoms with Crippen LogP contribution >= 0.6 is 0 Å². The summed E-state index contributed by atoms with van der Waals surface area (Å²) in [7, 11) is 0. The summed E-state index contributed by atoms with van der Waals surface area (Å²) < 4.78 is 0. The zero-order chi connectivity index (χ0) is 17.1. The minimum Gasteiger partial charge on any atom is -0.345 e. The number of rotatable bonds is 1. The summed E-state index contributed by atoms with van der Waals surface area (Å²) >= 11 is 0. The predicted octanol–water partition coefficient (Wildman–Crippen LogP) is 5.14. The molecule has 4 nitrogen and oxygen atoms in total. The minimum atomic E-state index is 1.02. The second kappa shape index (κ2) is 5.18. The Hall–Kier alpha value is -3.14. The van der Waals surface area contributed by atoms with Crippen LogP contribution in [0.4, 0.5) is 0 Å². The van der Waals surface area contributed by atoms with E-state index in [4.69, 9.17) is 0 Å². The Kier molecular flexibility index (Phi) is 2.80. The first kappa shape index (κ1) is 14.1. The Balaban J connectivity index is 1.71. The fourth-order valence-corrected chi connectivity index (χ4v) is 4.57. The number of imidazole rings is 1. The van der Waals surface area contributed by atoms with E-state index in [0.29, 0.717) is 0 Å². The molecule has 2 heterocycles. The summed E-state index contributed by atoms with van der Waals surface area (Å²) in [5, 5.41) is 11.3. The normalized spacial score (nSPS) is 14.3. The molecule has 2 N–H and O–H groups in total. The van der Waals surface area contributed by atoms with Gasteiger partial charge in [0.2, 0.25) is 0 Å². The van der Waals surface area contributed by atoms with Crippen molar-refractivity contribution in [1.82, 2.24) is 20.2 Å². The van der Waals surface area contributed by atoms with E-state index in [-0.39, 0.29) is 0 Å². The number of H-pyrrole nitrogens is 2. The lowest BCUT2D eigenvalue weighted by Crippen LogP contribution is -2.06. The largest absolute Gasteiger partial charge is 0.345 e. The Morgan fingerprint density at radius 1 is 0.885 bits per heavy atom. The van der Waals surface area contributed by atoms with Gasteiger partial charge in [-0.2, -0.15) is 5.10 Å². The van der Waals surface area contributed by atoms with Crippen molar-refractivity contribution in [3.63, 3.8) is 0 Å². The molecule has 1 aliphatic rings. The monoisotopic (exact) mass is 338 g/mol. The van der Waals surface area contributed by atoms with E-state index in [1.165, 1.54) is 51.3 Å². The molecule has 126 valence electrons. The summed E-state index contributed by atoms with van der Waals surface area (Å²) in [6.07, 6.45) is 8.56. The summed E-state index contributed by atoms with van der Waals surface area (Å²) in [6, 6.07) is 13.3. The van der Waals surface area contributed by atoms with Crippen LogP contribution < -0.4 is 0 Å². The van der Waals surface area contributed by atoms with Gasteiger partial charge in [-0.3, -0.25) is 5.10 Å². The van der Waals surface area contributed by atoms with Crippen LogP contribution in [-0.2, 0) is 12.8 Å². The van der Waals surface area contributed by atoms with Gasteiger partial charge in [-0.15, -0.1) is 0 Å². The highest BCUT2D eigenvalue weighted by Gasteiger charge is 2.20. The molecule has 3 aromatic carbocycles. The van der Waals surface area contributed by atoms with Gasteiger partial charge in [0.05, 0.1) is 29.1 Å². The van der Waals surface area contributed by atoms with E-state index in [0.717, 1.165) is 29.4 Å². The third-order valence-corrected chi connectivity index (χ3v) is 5.78. The van der Waals surface area contributed by atoms with Gasteiger partial charge in [0, 0.05) is 5.39 Å². The standard InChI is InChI=1S/C22H18N4/c1-2-4-16-15(3-1)17(13-5-8-20-21(10-13)24-12-23-20)9-14-6-7-19-18(22(14)16)11-25-26-19/h5-12H,1-4H2,(H,23,24)(H,25,26). The lowest BCUT2D eigenvalue weighted by Gasteiger charge is -2.22. The lowest BCUT2D eigenvalue weighted by molar-refractivity contribution is 0.691. The summed E-state index contributed by atoms with van der Waals surface area (Å²) in [5.41, 5.74) is 8.90. The Morgan fingerprint density at radius 2 is 1.81 bits per heavy atom. The van der Waals surface area contributed by atoms with Crippen LogP contribution in [0.15, 0.2) is 48.9 Å². The molecule has 0 amide bonds. The van der Waals surface area contributed by atoms with Crippen molar-refractivity contribution in [3.05, 3.63) is 60.0 Å². The number of aromatic amines is 2. The minimum absolute atomic E-state index is 1.02. The highest BCUT2D eigenvalue weighted by Crippen LogP contribution is 2.40. The zero-order valence-electron chi connectivity index (χ0n) is 14.3. The number of aromatic nitrogens is 4. The highest BCUT2D eigenvalue weighted by molar-refractivity contribution is 6.10. The van der Waals surface area contributed by atoms with Gasteiger partial charge in [-0.25, -0.2) is 4.98 Å². The summed E-state index contributed by atoms with van der Waals surface area (Å²) in [6.45, 7) is 0. The van der Waals surface area contributed by atoms with E-state index < -0.39 is 0 Å². The number of fused-ring (bicyclic) bond motifs is 6. The van der Waals surface area contributed by atoms with Crippen LogP contribution in [0.5, 0.6) is 0 Å². The molecule has 0 bridgehead atoms. The number of nitrogens with one attached hydrogen (secondary N) is 2. The van der Waals surface area contributed by atoms with Crippen LogP contribution in [-0.4, -0.2) is 20.2 Å². The number of aryl methyl sites for hydroxylation is 1. The second-order valence-corrected chi connectivity index (χ2v) is 7.22. The molecular weight excluding hydrogens is 320 g/mol. The molecule has 0 saturated heterocycles. The number of nitrogens with zero attached hydrogens (tertiary/aromatic N) is 2. The van der Waals surface area contributed by atoms with E-state index >= 15 is 0 Å². The molecule has 0 atom stereocenters. The van der Waals surface area contributed by atoms with E-state index in [9.17, 15) is 0 Å². The van der Waals surface area contributed by atoms with Gasteiger partial charge >= 0.3 is 0 Å². The van der Waals surface area contributed by atoms with Crippen molar-refractivity contribution in [1.29, 1.82) is 0 Å². The molecule has 0 unspecified atom stereocenters. The van der Waals surface area contributed by atoms with E-state index in [2.05, 4.69) is 56.6 Å². The van der Waals surface area contributed by atoms with Gasteiger partial charge in [0.15, 0.2) is 0 Å². The maximum atomic E-state index is 4.35. The van der Waals surface area contributed by atoms with E-state index in [1.54, 1.807) is 6.33 Å². The van der Waals surface area contributed by atoms with Crippen LogP contribution in [0.1, 0.15) is 24.0 Å². The molecule has 0 radical (unpaired) electrons. The van der Waals surface area contributed by atoms with Gasteiger partial charge in [-0.05, 0) is 83.0 Å². The van der Waals surface area contributed by atoms with Crippen LogP contribution in [0.25, 0.3) is 43.8 Å². The first-order valence-electron chi connectivity index (χ1n) is 9.22. The Morgan fingerprint density at radius 3 is 2.77 bits per heavy atom. The zero-order valence-corrected chi connectivity index (χ0v) is 14.3. The predicted molar refractivity (Wildman–Crippen MR) is 105 cm³/mol. The molecule has 2 aromatic heterocycles. The molecule has 26 heavy (non-hydrogen) atoms. The van der Waals surface area contributed by atoms with Crippen molar-refractivity contribution in [3.8, 4) is 11.1 Å². The molecule has 0 spiro atoms. The topological polar surface area (TPSA) is 57.4 Å². The second-order valence-electron chi connectivity index (χ2n) is 7.22. The van der Waals surface area contributed by atoms with Crippen molar-refractivity contribution >= 4 is 32.7 Å². The molecule has 0 aliphatic heterocycles.